The number of rotatable bonds is 1. The number of H-pyrrole nitrogens is 1. The summed E-state index contributed by atoms with van der Waals surface area (Å²) in [4.78, 5) is 40.4. The van der Waals surface area contributed by atoms with Crippen molar-refractivity contribution in [3.8, 4) is 0 Å². The molecule has 4 aromatic heterocycles. The molecule has 0 saturated carbocycles. The van der Waals surface area contributed by atoms with Gasteiger partial charge in [-0.05, 0) is 42.9 Å². The third kappa shape index (κ3) is 2.25. The molecule has 0 fully saturated rings. The number of fused-ring (bicyclic) bond motifs is 8. The highest BCUT2D eigenvalue weighted by Crippen LogP contribution is 2.38. The second-order valence-corrected chi connectivity index (χ2v) is 9.00. The fraction of sp³-hybridized carbons (Fsp3) is 0.273. The molecule has 1 aromatic carbocycles. The lowest BCUT2D eigenvalue weighted by molar-refractivity contribution is 0.0604. The van der Waals surface area contributed by atoms with Crippen LogP contribution in [-0.4, -0.2) is 32.4 Å². The molecule has 8 heteroatoms. The fourth-order valence-corrected chi connectivity index (χ4v) is 6.07. The van der Waals surface area contributed by atoms with Crippen molar-refractivity contribution in [2.45, 2.75) is 26.2 Å². The Kier molecular flexibility index (Phi) is 3.59. The van der Waals surface area contributed by atoms with Gasteiger partial charge in [0.15, 0.2) is 5.65 Å². The van der Waals surface area contributed by atoms with Gasteiger partial charge in [0.1, 0.15) is 21.6 Å². The van der Waals surface area contributed by atoms with E-state index in [1.807, 2.05) is 28.7 Å². The van der Waals surface area contributed by atoms with Crippen LogP contribution in [0, 0.1) is 5.92 Å². The number of methoxy groups -OCH3 is 1. The van der Waals surface area contributed by atoms with Gasteiger partial charge in [0, 0.05) is 4.88 Å². The van der Waals surface area contributed by atoms with Crippen LogP contribution in [0.5, 0.6) is 0 Å². The first-order valence-corrected chi connectivity index (χ1v) is 10.7. The average molecular weight is 418 g/mol. The summed E-state index contributed by atoms with van der Waals surface area (Å²) in [5.74, 6) is 0.0490. The van der Waals surface area contributed by atoms with E-state index in [0.29, 0.717) is 33.6 Å². The van der Waals surface area contributed by atoms with Crippen LogP contribution < -0.4 is 5.56 Å². The summed E-state index contributed by atoms with van der Waals surface area (Å²) >= 11 is 1.62. The summed E-state index contributed by atoms with van der Waals surface area (Å²) < 4.78 is 6.91. The molecule has 1 aliphatic carbocycles. The Balaban J connectivity index is 1.86. The van der Waals surface area contributed by atoms with Crippen LogP contribution in [-0.2, 0) is 17.6 Å². The molecule has 0 saturated heterocycles. The van der Waals surface area contributed by atoms with Gasteiger partial charge < -0.3 is 9.72 Å². The van der Waals surface area contributed by atoms with E-state index in [1.54, 1.807) is 11.3 Å². The van der Waals surface area contributed by atoms with E-state index in [1.165, 1.54) is 12.0 Å². The molecule has 1 N–H and O–H groups in total. The minimum absolute atomic E-state index is 0.179. The number of benzene rings is 1. The Bertz CT molecular complexity index is 1580. The van der Waals surface area contributed by atoms with Crippen LogP contribution in [0.3, 0.4) is 0 Å². The predicted molar refractivity (Wildman–Crippen MR) is 117 cm³/mol. The molecule has 0 amide bonds. The highest BCUT2D eigenvalue weighted by Gasteiger charge is 2.28. The number of thiophene rings is 1. The molecule has 30 heavy (non-hydrogen) atoms. The Morgan fingerprint density at radius 3 is 2.80 bits per heavy atom. The Labute approximate surface area is 174 Å². The van der Waals surface area contributed by atoms with Crippen molar-refractivity contribution in [3.63, 3.8) is 0 Å². The van der Waals surface area contributed by atoms with E-state index in [9.17, 15) is 9.59 Å². The zero-order valence-electron chi connectivity index (χ0n) is 16.5. The van der Waals surface area contributed by atoms with Gasteiger partial charge >= 0.3 is 5.97 Å². The largest absolute Gasteiger partial charge is 0.465 e. The number of aromatic nitrogens is 4. The minimum Gasteiger partial charge on any atom is -0.465 e. The Hall–Kier alpha value is -3.26. The summed E-state index contributed by atoms with van der Waals surface area (Å²) in [5.41, 5.74) is 3.98. The van der Waals surface area contributed by atoms with Gasteiger partial charge in [-0.2, -0.15) is 0 Å². The van der Waals surface area contributed by atoms with Crippen LogP contribution in [0.4, 0.5) is 0 Å². The molecule has 1 atom stereocenters. The van der Waals surface area contributed by atoms with Crippen molar-refractivity contribution in [3.05, 3.63) is 50.6 Å². The van der Waals surface area contributed by atoms with Gasteiger partial charge in [-0.15, -0.1) is 11.3 Å². The molecule has 0 radical (unpaired) electrons. The monoisotopic (exact) mass is 418 g/mol. The maximum atomic E-state index is 13.1. The topological polar surface area (TPSA) is 89.3 Å². The first-order chi connectivity index (χ1) is 14.6. The predicted octanol–water partition coefficient (Wildman–Crippen LogP) is 3.85. The van der Waals surface area contributed by atoms with Crippen molar-refractivity contribution in [1.29, 1.82) is 0 Å². The number of carbonyl (C=O) groups excluding carboxylic acids is 1. The molecule has 1 aliphatic rings. The van der Waals surface area contributed by atoms with E-state index in [4.69, 9.17) is 14.7 Å². The van der Waals surface area contributed by atoms with E-state index >= 15 is 0 Å². The highest BCUT2D eigenvalue weighted by molar-refractivity contribution is 7.19. The number of aromatic amines is 1. The lowest BCUT2D eigenvalue weighted by Crippen LogP contribution is -2.14. The van der Waals surface area contributed by atoms with Crippen LogP contribution >= 0.6 is 11.3 Å². The van der Waals surface area contributed by atoms with Crippen LogP contribution in [0.1, 0.15) is 34.1 Å². The third-order valence-electron chi connectivity index (χ3n) is 6.01. The maximum absolute atomic E-state index is 13.1. The smallest absolute Gasteiger partial charge is 0.343 e. The number of esters is 1. The minimum atomic E-state index is -0.544. The van der Waals surface area contributed by atoms with E-state index in [2.05, 4.69) is 11.9 Å². The van der Waals surface area contributed by atoms with E-state index < -0.39 is 5.97 Å². The molecular weight excluding hydrogens is 400 g/mol. The lowest BCUT2D eigenvalue weighted by atomic mass is 9.89. The fourth-order valence-electron chi connectivity index (χ4n) is 4.55. The molecule has 0 bridgehead atoms. The van der Waals surface area contributed by atoms with Crippen molar-refractivity contribution in [1.82, 2.24) is 19.4 Å². The van der Waals surface area contributed by atoms with Gasteiger partial charge in [0.2, 0.25) is 0 Å². The molecule has 7 nitrogen and oxygen atoms in total. The van der Waals surface area contributed by atoms with E-state index in [-0.39, 0.29) is 11.1 Å². The van der Waals surface area contributed by atoms with Crippen molar-refractivity contribution in [2.75, 3.05) is 7.11 Å². The summed E-state index contributed by atoms with van der Waals surface area (Å²) in [6.45, 7) is 2.24. The Morgan fingerprint density at radius 2 is 2.03 bits per heavy atom. The standard InChI is InChI=1S/C22H18N4O3S/c1-10-7-8-11-14(9-10)30-21-15(11)20(27)25-18-16(22(28)29-2)17-19(26(18)21)24-13-6-4-3-5-12(13)23-17/h3-6,10H,7-9H2,1-2H3,(H,25,27). The molecule has 1 unspecified atom stereocenters. The zero-order valence-corrected chi connectivity index (χ0v) is 17.3. The molecule has 5 aromatic rings. The summed E-state index contributed by atoms with van der Waals surface area (Å²) in [5, 5.41) is 0.706. The molecule has 150 valence electrons. The van der Waals surface area contributed by atoms with Gasteiger partial charge in [0.05, 0.1) is 23.5 Å². The number of nitrogens with zero attached hydrogens (tertiary/aromatic N) is 3. The SMILES string of the molecule is COC(=O)c1c2nc3ccccc3nc2n2c1[nH]c(=O)c1c3c(sc12)CC(C)CC3. The number of nitrogens with one attached hydrogen (secondary N) is 1. The number of hydrogen-bond acceptors (Lipinski definition) is 6. The van der Waals surface area contributed by atoms with Crippen LogP contribution in [0.2, 0.25) is 0 Å². The quantitative estimate of drug-likeness (QED) is 0.418. The van der Waals surface area contributed by atoms with Gasteiger partial charge in [-0.3, -0.25) is 9.20 Å². The summed E-state index contributed by atoms with van der Waals surface area (Å²) in [6.07, 6.45) is 2.93. The lowest BCUT2D eigenvalue weighted by Gasteiger charge is -2.17. The maximum Gasteiger partial charge on any atom is 0.343 e. The van der Waals surface area contributed by atoms with E-state index in [0.717, 1.165) is 35.2 Å². The van der Waals surface area contributed by atoms with Crippen molar-refractivity contribution >= 4 is 55.4 Å². The normalized spacial score (nSPS) is 16.5. The first kappa shape index (κ1) is 17.6. The molecular formula is C22H18N4O3S. The number of para-hydroxylation sites is 2. The van der Waals surface area contributed by atoms with Gasteiger partial charge in [0.25, 0.3) is 5.56 Å². The third-order valence-corrected chi connectivity index (χ3v) is 7.25. The van der Waals surface area contributed by atoms with Crippen LogP contribution in [0.25, 0.3) is 38.1 Å². The molecule has 0 spiro atoms. The second-order valence-electron chi connectivity index (χ2n) is 7.92. The number of aryl methyl sites for hydroxylation is 1. The first-order valence-electron chi connectivity index (χ1n) is 9.92. The van der Waals surface area contributed by atoms with Crippen molar-refractivity contribution in [2.24, 2.45) is 5.92 Å². The highest BCUT2D eigenvalue weighted by atomic mass is 32.1. The Morgan fingerprint density at radius 1 is 1.27 bits per heavy atom. The van der Waals surface area contributed by atoms with Gasteiger partial charge in [-0.25, -0.2) is 14.8 Å². The van der Waals surface area contributed by atoms with Gasteiger partial charge in [-0.1, -0.05) is 19.1 Å². The number of ether oxygens (including phenoxy) is 1. The second kappa shape index (κ2) is 6.12. The molecule has 4 heterocycles. The number of carbonyl (C=O) groups is 1. The van der Waals surface area contributed by atoms with Crippen LogP contribution in [0.15, 0.2) is 29.1 Å². The summed E-state index contributed by atoms with van der Waals surface area (Å²) in [7, 11) is 1.33. The number of hydrogen-bond donors (Lipinski definition) is 1. The zero-order chi connectivity index (χ0) is 20.6. The molecule has 6 rings (SSSR count). The molecule has 0 aliphatic heterocycles. The average Bonchev–Trinajstić information content (AvgIpc) is 3.26. The summed E-state index contributed by atoms with van der Waals surface area (Å²) in [6, 6.07) is 7.53. The van der Waals surface area contributed by atoms with Crippen molar-refractivity contribution < 1.29 is 9.53 Å².